The zero-order chi connectivity index (χ0) is 9.31. The average Bonchev–Trinajstić information content (AvgIpc) is 2.54. The Bertz CT molecular complexity index is 335. The smallest absolute Gasteiger partial charge is 0.319 e. The van der Waals surface area contributed by atoms with Gasteiger partial charge in [-0.05, 0) is 12.8 Å². The van der Waals surface area contributed by atoms with Gasteiger partial charge in [-0.1, -0.05) is 24.4 Å². The van der Waals surface area contributed by atoms with E-state index in [1.54, 1.807) is 0 Å². The monoisotopic (exact) mass is 183 g/mol. The van der Waals surface area contributed by atoms with Gasteiger partial charge in [-0.25, -0.2) is 4.79 Å². The summed E-state index contributed by atoms with van der Waals surface area (Å²) in [4.78, 5) is 13.3. The molecule has 0 amide bonds. The van der Waals surface area contributed by atoms with Crippen LogP contribution >= 0.6 is 0 Å². The Labute approximate surface area is 75.3 Å². The molecule has 1 aliphatic carbocycles. The summed E-state index contributed by atoms with van der Waals surface area (Å²) < 4.78 is 4.44. The molecule has 1 saturated carbocycles. The van der Waals surface area contributed by atoms with Gasteiger partial charge < -0.3 is 5.73 Å². The molecule has 1 fully saturated rings. The number of nitrogens with one attached hydrogen (secondary N) is 1. The molecule has 1 heterocycles. The van der Waals surface area contributed by atoms with Gasteiger partial charge in [0, 0.05) is 0 Å². The summed E-state index contributed by atoms with van der Waals surface area (Å²) in [5, 5.41) is 3.64. The maximum Gasteiger partial charge on any atom is 0.438 e. The van der Waals surface area contributed by atoms with Gasteiger partial charge in [0.2, 0.25) is 0 Å². The maximum absolute atomic E-state index is 10.7. The van der Waals surface area contributed by atoms with E-state index in [9.17, 15) is 4.79 Å². The van der Waals surface area contributed by atoms with Crippen LogP contribution in [0.5, 0.6) is 0 Å². The SMILES string of the molecule is NC1(c2noc(=O)[nH]2)CCCCC1. The molecule has 5 heteroatoms. The predicted molar refractivity (Wildman–Crippen MR) is 46.1 cm³/mol. The van der Waals surface area contributed by atoms with Crippen LogP contribution in [0.15, 0.2) is 9.32 Å². The van der Waals surface area contributed by atoms with Crippen LogP contribution in [0.1, 0.15) is 37.9 Å². The topological polar surface area (TPSA) is 84.9 Å². The Hall–Kier alpha value is -1.10. The van der Waals surface area contributed by atoms with E-state index in [4.69, 9.17) is 5.73 Å². The van der Waals surface area contributed by atoms with Gasteiger partial charge in [-0.2, -0.15) is 0 Å². The van der Waals surface area contributed by atoms with Crippen molar-refractivity contribution in [3.8, 4) is 0 Å². The van der Waals surface area contributed by atoms with Gasteiger partial charge in [-0.15, -0.1) is 0 Å². The third-order valence-electron chi connectivity index (χ3n) is 2.66. The minimum Gasteiger partial charge on any atom is -0.319 e. The number of rotatable bonds is 1. The number of aromatic amines is 1. The van der Waals surface area contributed by atoms with Crippen molar-refractivity contribution in [2.75, 3.05) is 0 Å². The molecule has 72 valence electrons. The van der Waals surface area contributed by atoms with E-state index in [2.05, 4.69) is 14.7 Å². The fourth-order valence-corrected chi connectivity index (χ4v) is 1.86. The first kappa shape index (κ1) is 8.50. The highest BCUT2D eigenvalue weighted by atomic mass is 16.5. The van der Waals surface area contributed by atoms with Crippen molar-refractivity contribution in [3.63, 3.8) is 0 Å². The van der Waals surface area contributed by atoms with Gasteiger partial charge >= 0.3 is 5.76 Å². The number of nitrogens with zero attached hydrogens (tertiary/aromatic N) is 1. The second-order valence-electron chi connectivity index (χ2n) is 3.66. The van der Waals surface area contributed by atoms with Crippen LogP contribution in [0, 0.1) is 0 Å². The molecular weight excluding hydrogens is 170 g/mol. The lowest BCUT2D eigenvalue weighted by atomic mass is 9.82. The van der Waals surface area contributed by atoms with E-state index < -0.39 is 11.3 Å². The van der Waals surface area contributed by atoms with Gasteiger partial charge in [0.25, 0.3) is 0 Å². The van der Waals surface area contributed by atoms with Crippen molar-refractivity contribution >= 4 is 0 Å². The summed E-state index contributed by atoms with van der Waals surface area (Å²) in [5.41, 5.74) is 5.63. The molecule has 0 atom stereocenters. The molecule has 2 rings (SSSR count). The summed E-state index contributed by atoms with van der Waals surface area (Å²) in [7, 11) is 0. The summed E-state index contributed by atoms with van der Waals surface area (Å²) >= 11 is 0. The Kier molecular flexibility index (Phi) is 1.95. The minimum atomic E-state index is -0.523. The third-order valence-corrected chi connectivity index (χ3v) is 2.66. The largest absolute Gasteiger partial charge is 0.438 e. The Morgan fingerprint density at radius 2 is 2.08 bits per heavy atom. The fraction of sp³-hybridized carbons (Fsp3) is 0.750. The molecule has 0 spiro atoms. The average molecular weight is 183 g/mol. The highest BCUT2D eigenvalue weighted by Gasteiger charge is 2.33. The van der Waals surface area contributed by atoms with E-state index in [0.717, 1.165) is 25.7 Å². The molecule has 1 aromatic heterocycles. The zero-order valence-corrected chi connectivity index (χ0v) is 7.38. The van der Waals surface area contributed by atoms with E-state index >= 15 is 0 Å². The number of hydrogen-bond acceptors (Lipinski definition) is 4. The molecule has 0 radical (unpaired) electrons. The molecule has 0 aromatic carbocycles. The lowest BCUT2D eigenvalue weighted by Gasteiger charge is -2.30. The van der Waals surface area contributed by atoms with Crippen LogP contribution in [0.25, 0.3) is 0 Å². The Morgan fingerprint density at radius 1 is 1.38 bits per heavy atom. The van der Waals surface area contributed by atoms with Crippen LogP contribution in [0.2, 0.25) is 0 Å². The molecule has 0 bridgehead atoms. The van der Waals surface area contributed by atoms with Crippen LogP contribution in [0.3, 0.4) is 0 Å². The van der Waals surface area contributed by atoms with Gasteiger partial charge in [0.15, 0.2) is 5.82 Å². The molecule has 1 aliphatic rings. The van der Waals surface area contributed by atoms with Crippen molar-refractivity contribution in [2.24, 2.45) is 5.73 Å². The van der Waals surface area contributed by atoms with Gasteiger partial charge in [0.05, 0.1) is 5.54 Å². The number of aromatic nitrogens is 2. The number of nitrogens with two attached hydrogens (primary N) is 1. The van der Waals surface area contributed by atoms with E-state index in [1.165, 1.54) is 6.42 Å². The summed E-state index contributed by atoms with van der Waals surface area (Å²) in [6, 6.07) is 0. The standard InChI is InChI=1S/C8H13N3O2/c9-8(4-2-1-3-5-8)6-10-7(12)13-11-6/h1-5,9H2,(H,10,11,12). The van der Waals surface area contributed by atoms with Crippen molar-refractivity contribution in [3.05, 3.63) is 16.4 Å². The first-order valence-electron chi connectivity index (χ1n) is 4.56. The highest BCUT2D eigenvalue weighted by molar-refractivity contribution is 5.03. The van der Waals surface area contributed by atoms with Crippen molar-refractivity contribution in [1.29, 1.82) is 0 Å². The lowest BCUT2D eigenvalue weighted by molar-refractivity contribution is 0.273. The van der Waals surface area contributed by atoms with Crippen LogP contribution in [-0.4, -0.2) is 10.1 Å². The Morgan fingerprint density at radius 3 is 2.62 bits per heavy atom. The highest BCUT2D eigenvalue weighted by Crippen LogP contribution is 2.32. The van der Waals surface area contributed by atoms with E-state index in [0.29, 0.717) is 5.82 Å². The summed E-state index contributed by atoms with van der Waals surface area (Å²) in [6.45, 7) is 0. The minimum absolute atomic E-state index is 0.468. The molecule has 0 unspecified atom stereocenters. The summed E-state index contributed by atoms with van der Waals surface area (Å²) in [5.74, 6) is -0.0254. The molecule has 3 N–H and O–H groups in total. The van der Waals surface area contributed by atoms with E-state index in [1.807, 2.05) is 0 Å². The number of hydrogen-bond donors (Lipinski definition) is 2. The molecular formula is C8H13N3O2. The second-order valence-corrected chi connectivity index (χ2v) is 3.66. The van der Waals surface area contributed by atoms with Gasteiger partial charge in [-0.3, -0.25) is 9.51 Å². The van der Waals surface area contributed by atoms with Gasteiger partial charge in [0.1, 0.15) is 0 Å². The maximum atomic E-state index is 10.7. The van der Waals surface area contributed by atoms with Crippen LogP contribution in [-0.2, 0) is 5.54 Å². The molecule has 5 nitrogen and oxygen atoms in total. The van der Waals surface area contributed by atoms with Crippen LogP contribution < -0.4 is 11.5 Å². The fourth-order valence-electron chi connectivity index (χ4n) is 1.86. The summed E-state index contributed by atoms with van der Waals surface area (Å²) in [6.07, 6.45) is 5.13. The predicted octanol–water partition coefficient (Wildman–Crippen LogP) is 0.481. The van der Waals surface area contributed by atoms with Crippen molar-refractivity contribution < 1.29 is 4.52 Å². The van der Waals surface area contributed by atoms with Crippen LogP contribution in [0.4, 0.5) is 0 Å². The number of H-pyrrole nitrogens is 1. The Balaban J connectivity index is 2.27. The first-order chi connectivity index (χ1) is 6.21. The molecule has 0 saturated heterocycles. The molecule has 13 heavy (non-hydrogen) atoms. The van der Waals surface area contributed by atoms with Crippen molar-refractivity contribution in [2.45, 2.75) is 37.6 Å². The van der Waals surface area contributed by atoms with Crippen molar-refractivity contribution in [1.82, 2.24) is 10.1 Å². The normalized spacial score (nSPS) is 21.6. The lowest BCUT2D eigenvalue weighted by Crippen LogP contribution is -2.40. The first-order valence-corrected chi connectivity index (χ1v) is 4.56. The second kappa shape index (κ2) is 2.99. The zero-order valence-electron chi connectivity index (χ0n) is 7.38. The quantitative estimate of drug-likeness (QED) is 0.663. The third kappa shape index (κ3) is 1.51. The molecule has 0 aliphatic heterocycles. The van der Waals surface area contributed by atoms with E-state index in [-0.39, 0.29) is 0 Å². The molecule has 1 aromatic rings.